The second-order valence-corrected chi connectivity index (χ2v) is 5.69. The van der Waals surface area contributed by atoms with Crippen LogP contribution in [-0.2, 0) is 0 Å². The van der Waals surface area contributed by atoms with Gasteiger partial charge in [0.2, 0.25) is 0 Å². The Hall–Kier alpha value is -2.85. The molecule has 0 radical (unpaired) electrons. The molecule has 0 fully saturated rings. The highest BCUT2D eigenvalue weighted by atomic mass is 35.5. The minimum Gasteiger partial charge on any atom is -0.508 e. The third-order valence-electron chi connectivity index (χ3n) is 3.96. The minimum atomic E-state index is -0.402. The zero-order valence-electron chi connectivity index (χ0n) is 11.8. The van der Waals surface area contributed by atoms with Crippen LogP contribution in [0.25, 0.3) is 10.8 Å². The van der Waals surface area contributed by atoms with E-state index in [0.717, 1.165) is 4.90 Å². The molecule has 4 rings (SSSR count). The predicted octanol–water partition coefficient (Wildman–Crippen LogP) is 4.00. The second-order valence-electron chi connectivity index (χ2n) is 5.29. The summed E-state index contributed by atoms with van der Waals surface area (Å²) >= 11 is 6.18. The van der Waals surface area contributed by atoms with E-state index in [1.165, 1.54) is 24.3 Å². The highest BCUT2D eigenvalue weighted by molar-refractivity contribution is 6.40. The normalized spacial score (nSPS) is 13.7. The lowest BCUT2D eigenvalue weighted by Gasteiger charge is -2.27. The average molecular weight is 324 g/mol. The van der Waals surface area contributed by atoms with E-state index in [2.05, 4.69) is 0 Å². The van der Waals surface area contributed by atoms with Gasteiger partial charge < -0.3 is 5.11 Å². The Kier molecular flexibility index (Phi) is 2.89. The quantitative estimate of drug-likeness (QED) is 0.689. The van der Waals surface area contributed by atoms with Crippen molar-refractivity contribution < 1.29 is 14.7 Å². The molecule has 0 aliphatic carbocycles. The van der Waals surface area contributed by atoms with Crippen molar-refractivity contribution in [1.29, 1.82) is 0 Å². The summed E-state index contributed by atoms with van der Waals surface area (Å²) in [6, 6.07) is 14.5. The number of carbonyl (C=O) groups is 2. The summed E-state index contributed by atoms with van der Waals surface area (Å²) in [5.74, 6) is -0.734. The fraction of sp³-hybridized carbons (Fsp3) is 0. The zero-order valence-corrected chi connectivity index (χ0v) is 12.5. The van der Waals surface area contributed by atoms with Crippen molar-refractivity contribution in [2.45, 2.75) is 0 Å². The molecule has 0 saturated heterocycles. The summed E-state index contributed by atoms with van der Waals surface area (Å²) in [5.41, 5.74) is 1.29. The van der Waals surface area contributed by atoms with Gasteiger partial charge in [0.05, 0.1) is 5.69 Å². The Morgan fingerprint density at radius 1 is 0.826 bits per heavy atom. The molecule has 1 N–H and O–H groups in total. The predicted molar refractivity (Wildman–Crippen MR) is 88.2 cm³/mol. The molecule has 0 aromatic heterocycles. The molecule has 1 aliphatic heterocycles. The maximum absolute atomic E-state index is 12.8. The molecule has 3 aromatic rings. The topological polar surface area (TPSA) is 57.6 Å². The van der Waals surface area contributed by atoms with Crippen LogP contribution in [0.15, 0.2) is 54.6 Å². The van der Waals surface area contributed by atoms with Gasteiger partial charge in [-0.2, -0.15) is 0 Å². The molecule has 4 nitrogen and oxygen atoms in total. The van der Waals surface area contributed by atoms with Crippen LogP contribution in [0.2, 0.25) is 5.02 Å². The Morgan fingerprint density at radius 2 is 1.48 bits per heavy atom. The number of amides is 2. The zero-order chi connectivity index (χ0) is 16.1. The van der Waals surface area contributed by atoms with Gasteiger partial charge in [0.1, 0.15) is 5.75 Å². The molecule has 0 spiro atoms. The molecule has 5 heteroatoms. The molecule has 23 heavy (non-hydrogen) atoms. The van der Waals surface area contributed by atoms with Gasteiger partial charge in [0, 0.05) is 26.9 Å². The van der Waals surface area contributed by atoms with Gasteiger partial charge in [0.15, 0.2) is 0 Å². The van der Waals surface area contributed by atoms with E-state index in [1.807, 2.05) is 0 Å². The number of anilines is 1. The number of phenols is 1. The van der Waals surface area contributed by atoms with E-state index < -0.39 is 11.8 Å². The van der Waals surface area contributed by atoms with Gasteiger partial charge in [-0.3, -0.25) is 9.59 Å². The van der Waals surface area contributed by atoms with Gasteiger partial charge in [-0.15, -0.1) is 0 Å². The van der Waals surface area contributed by atoms with Crippen LogP contribution in [0.1, 0.15) is 20.7 Å². The van der Waals surface area contributed by atoms with E-state index >= 15 is 0 Å². The number of aromatic hydroxyl groups is 1. The maximum atomic E-state index is 12.8. The lowest BCUT2D eigenvalue weighted by Crippen LogP contribution is -2.40. The molecule has 3 aromatic carbocycles. The van der Waals surface area contributed by atoms with Crippen LogP contribution >= 0.6 is 11.6 Å². The maximum Gasteiger partial charge on any atom is 0.265 e. The third-order valence-corrected chi connectivity index (χ3v) is 4.29. The van der Waals surface area contributed by atoms with Crippen molar-refractivity contribution in [3.8, 4) is 5.75 Å². The number of hydrogen-bond donors (Lipinski definition) is 1. The largest absolute Gasteiger partial charge is 0.508 e. The smallest absolute Gasteiger partial charge is 0.265 e. The lowest BCUT2D eigenvalue weighted by atomic mass is 9.93. The second kappa shape index (κ2) is 4.83. The van der Waals surface area contributed by atoms with Crippen LogP contribution in [0.3, 0.4) is 0 Å². The Labute approximate surface area is 136 Å². The highest BCUT2D eigenvalue weighted by Gasteiger charge is 2.34. The Balaban J connectivity index is 1.99. The molecular formula is C18H10ClNO3. The number of hydrogen-bond acceptors (Lipinski definition) is 3. The standard InChI is InChI=1S/C18H10ClNO3/c19-15-9-8-14-16-12(15)2-1-3-13(16)17(22)20(18(14)23)10-4-6-11(21)7-5-10/h1-9,21H. The number of benzene rings is 3. The fourth-order valence-electron chi connectivity index (χ4n) is 2.90. The van der Waals surface area contributed by atoms with Crippen molar-refractivity contribution in [2.24, 2.45) is 0 Å². The number of rotatable bonds is 1. The number of nitrogens with zero attached hydrogens (tertiary/aromatic N) is 1. The van der Waals surface area contributed by atoms with E-state index in [-0.39, 0.29) is 5.75 Å². The molecule has 1 heterocycles. The van der Waals surface area contributed by atoms with Gasteiger partial charge in [-0.1, -0.05) is 23.7 Å². The number of halogens is 1. The molecule has 0 atom stereocenters. The van der Waals surface area contributed by atoms with Crippen molar-refractivity contribution in [3.63, 3.8) is 0 Å². The minimum absolute atomic E-state index is 0.0694. The summed E-state index contributed by atoms with van der Waals surface area (Å²) in [7, 11) is 0. The first-order valence-electron chi connectivity index (χ1n) is 6.97. The molecule has 0 unspecified atom stereocenters. The number of phenolic OH excluding ortho intramolecular Hbond substituents is 1. The summed E-state index contributed by atoms with van der Waals surface area (Å²) in [6.07, 6.45) is 0. The van der Waals surface area contributed by atoms with Crippen LogP contribution in [-0.4, -0.2) is 16.9 Å². The molecule has 1 aliphatic rings. The first-order valence-corrected chi connectivity index (χ1v) is 7.35. The number of imide groups is 1. The molecule has 0 bridgehead atoms. The average Bonchev–Trinajstić information content (AvgIpc) is 2.56. The van der Waals surface area contributed by atoms with E-state index in [0.29, 0.717) is 32.6 Å². The van der Waals surface area contributed by atoms with Gasteiger partial charge in [-0.25, -0.2) is 4.90 Å². The molecule has 0 saturated carbocycles. The summed E-state index contributed by atoms with van der Waals surface area (Å²) < 4.78 is 0. The fourth-order valence-corrected chi connectivity index (χ4v) is 3.12. The van der Waals surface area contributed by atoms with Crippen molar-refractivity contribution >= 4 is 39.9 Å². The first-order chi connectivity index (χ1) is 11.1. The molecular weight excluding hydrogens is 314 g/mol. The monoisotopic (exact) mass is 323 g/mol. The molecule has 112 valence electrons. The SMILES string of the molecule is O=C1c2cccc3c(Cl)ccc(c23)C(=O)N1c1ccc(O)cc1. The highest BCUT2D eigenvalue weighted by Crippen LogP contribution is 2.36. The number of carbonyl (C=O) groups excluding carboxylic acids is 2. The van der Waals surface area contributed by atoms with E-state index in [9.17, 15) is 14.7 Å². The third kappa shape index (κ3) is 1.92. The van der Waals surface area contributed by atoms with Crippen molar-refractivity contribution in [2.75, 3.05) is 4.90 Å². The van der Waals surface area contributed by atoms with Crippen LogP contribution in [0.4, 0.5) is 5.69 Å². The van der Waals surface area contributed by atoms with Gasteiger partial charge >= 0.3 is 0 Å². The summed E-state index contributed by atoms with van der Waals surface area (Å²) in [4.78, 5) is 26.7. The van der Waals surface area contributed by atoms with Crippen LogP contribution in [0.5, 0.6) is 5.75 Å². The van der Waals surface area contributed by atoms with Gasteiger partial charge in [-0.05, 0) is 42.5 Å². The summed E-state index contributed by atoms with van der Waals surface area (Å²) in [5, 5.41) is 11.2. The van der Waals surface area contributed by atoms with Crippen molar-refractivity contribution in [3.05, 3.63) is 70.7 Å². The summed E-state index contributed by atoms with van der Waals surface area (Å²) in [6.45, 7) is 0. The van der Waals surface area contributed by atoms with Crippen LogP contribution in [0, 0.1) is 0 Å². The van der Waals surface area contributed by atoms with Crippen molar-refractivity contribution in [1.82, 2.24) is 0 Å². The first kappa shape index (κ1) is 13.8. The van der Waals surface area contributed by atoms with E-state index in [4.69, 9.17) is 11.6 Å². The lowest BCUT2D eigenvalue weighted by molar-refractivity contribution is 0.0893. The van der Waals surface area contributed by atoms with E-state index in [1.54, 1.807) is 30.3 Å². The van der Waals surface area contributed by atoms with Gasteiger partial charge in [0.25, 0.3) is 11.8 Å². The Bertz CT molecular complexity index is 957. The molecule has 2 amide bonds. The van der Waals surface area contributed by atoms with Crippen LogP contribution < -0.4 is 4.90 Å². The Morgan fingerprint density at radius 3 is 2.17 bits per heavy atom.